The van der Waals surface area contributed by atoms with Gasteiger partial charge in [-0.1, -0.05) is 300 Å². The number of likely N-dealkylation sites (N-methyl/N-ethyl adjacent to an activating group) is 1. The largest absolute Gasteiger partial charge is 0.477 e. The van der Waals surface area contributed by atoms with Gasteiger partial charge in [-0.05, 0) is 128 Å². The van der Waals surface area contributed by atoms with Crippen LogP contribution in [0.3, 0.4) is 0 Å². The molecule has 0 aromatic carbocycles. The molecule has 0 bridgehead atoms. The van der Waals surface area contributed by atoms with Crippen LogP contribution in [0.15, 0.2) is 158 Å². The molecule has 2 atom stereocenters. The lowest BCUT2D eigenvalue weighted by molar-refractivity contribution is -0.870. The van der Waals surface area contributed by atoms with E-state index in [2.05, 4.69) is 172 Å². The van der Waals surface area contributed by atoms with Crippen LogP contribution in [0.1, 0.15) is 284 Å². The van der Waals surface area contributed by atoms with E-state index in [1.807, 2.05) is 21.1 Å². The van der Waals surface area contributed by atoms with Gasteiger partial charge in [0.2, 0.25) is 0 Å². The van der Waals surface area contributed by atoms with E-state index in [4.69, 9.17) is 18.9 Å². The highest BCUT2D eigenvalue weighted by Crippen LogP contribution is 2.16. The van der Waals surface area contributed by atoms with Crippen molar-refractivity contribution in [3.63, 3.8) is 0 Å². The predicted octanol–water partition coefficient (Wildman–Crippen LogP) is 23.2. The summed E-state index contributed by atoms with van der Waals surface area (Å²) < 4.78 is 23.0. The summed E-state index contributed by atoms with van der Waals surface area (Å²) in [7, 11) is 5.96. The van der Waals surface area contributed by atoms with Crippen LogP contribution in [-0.4, -0.2) is 87.4 Å². The van der Waals surface area contributed by atoms with Crippen molar-refractivity contribution in [2.24, 2.45) is 0 Å². The molecule has 9 nitrogen and oxygen atoms in total. The van der Waals surface area contributed by atoms with Crippen LogP contribution in [0.5, 0.6) is 0 Å². The number of hydrogen-bond donors (Lipinski definition) is 1. The van der Waals surface area contributed by atoms with E-state index in [9.17, 15) is 19.5 Å². The number of hydrogen-bond acceptors (Lipinski definition) is 7. The van der Waals surface area contributed by atoms with E-state index in [1.54, 1.807) is 0 Å². The second kappa shape index (κ2) is 70.8. The Morgan fingerprint density at radius 2 is 0.626 bits per heavy atom. The van der Waals surface area contributed by atoms with Gasteiger partial charge in [-0.25, -0.2) is 4.79 Å². The number of carboxylic acids is 1. The first-order valence-electron chi connectivity index (χ1n) is 36.6. The number of allylic oxidation sites excluding steroid dienone is 26. The summed E-state index contributed by atoms with van der Waals surface area (Å²) in [4.78, 5) is 37.7. The predicted molar refractivity (Wildman–Crippen MR) is 391 cm³/mol. The molecule has 9 heteroatoms. The Hall–Kier alpha value is -5.09. The molecule has 0 aliphatic heterocycles. The molecule has 0 heterocycles. The number of unbranched alkanes of at least 4 members (excludes halogenated alkanes) is 25. The summed E-state index contributed by atoms with van der Waals surface area (Å²) in [5.41, 5.74) is 0. The number of rotatable bonds is 66. The van der Waals surface area contributed by atoms with E-state index in [-0.39, 0.29) is 32.2 Å². The van der Waals surface area contributed by atoms with E-state index < -0.39 is 24.3 Å². The Kier molecular flexibility index (Phi) is 66.8. The maximum atomic E-state index is 13.0. The van der Waals surface area contributed by atoms with Gasteiger partial charge >= 0.3 is 17.9 Å². The van der Waals surface area contributed by atoms with Gasteiger partial charge in [-0.15, -0.1) is 0 Å². The van der Waals surface area contributed by atoms with Gasteiger partial charge in [-0.2, -0.15) is 0 Å². The van der Waals surface area contributed by atoms with Crippen LogP contribution in [-0.2, 0) is 33.3 Å². The molecule has 2 unspecified atom stereocenters. The smallest absolute Gasteiger partial charge is 0.361 e. The fourth-order valence-corrected chi connectivity index (χ4v) is 9.70. The van der Waals surface area contributed by atoms with Gasteiger partial charge < -0.3 is 28.5 Å². The van der Waals surface area contributed by atoms with Gasteiger partial charge in [-0.3, -0.25) is 9.59 Å². The third-order valence-corrected chi connectivity index (χ3v) is 15.3. The molecular formula is C82H136NO8+. The van der Waals surface area contributed by atoms with Gasteiger partial charge in [0.25, 0.3) is 6.29 Å². The maximum Gasteiger partial charge on any atom is 0.361 e. The van der Waals surface area contributed by atoms with Gasteiger partial charge in [0, 0.05) is 12.8 Å². The first-order chi connectivity index (χ1) is 44.6. The van der Waals surface area contributed by atoms with Crippen LogP contribution in [0, 0.1) is 0 Å². The number of carboxylic acid groups (broad SMARTS) is 1. The Labute approximate surface area is 559 Å². The number of quaternary nitrogens is 1. The summed E-state index contributed by atoms with van der Waals surface area (Å²) in [6, 6.07) is 0. The monoisotopic (exact) mass is 1260 g/mol. The van der Waals surface area contributed by atoms with Crippen LogP contribution in [0.2, 0.25) is 0 Å². The molecule has 0 fully saturated rings. The van der Waals surface area contributed by atoms with E-state index in [0.717, 1.165) is 128 Å². The maximum absolute atomic E-state index is 13.0. The molecule has 0 saturated heterocycles. The zero-order valence-corrected chi connectivity index (χ0v) is 58.9. The number of ether oxygens (including phenoxy) is 4. The molecule has 0 aliphatic carbocycles. The second-order valence-electron chi connectivity index (χ2n) is 25.2. The first kappa shape index (κ1) is 85.9. The molecule has 0 radical (unpaired) electrons. The molecule has 516 valence electrons. The lowest BCUT2D eigenvalue weighted by Crippen LogP contribution is -2.40. The topological polar surface area (TPSA) is 108 Å². The molecule has 0 aromatic heterocycles. The molecular weight excluding hydrogens is 1130 g/mol. The summed E-state index contributed by atoms with van der Waals surface area (Å²) in [5.74, 6) is -2.04. The number of carbonyl (C=O) groups excluding carboxylic acids is 2. The first-order valence-corrected chi connectivity index (χ1v) is 36.6. The zero-order valence-electron chi connectivity index (χ0n) is 58.9. The molecule has 0 rings (SSSR count). The third-order valence-electron chi connectivity index (χ3n) is 15.3. The van der Waals surface area contributed by atoms with Gasteiger partial charge in [0.05, 0.1) is 34.4 Å². The molecule has 0 saturated carbocycles. The zero-order chi connectivity index (χ0) is 66.1. The van der Waals surface area contributed by atoms with Crippen molar-refractivity contribution in [2.45, 2.75) is 296 Å². The van der Waals surface area contributed by atoms with E-state index >= 15 is 0 Å². The van der Waals surface area contributed by atoms with Crippen molar-refractivity contribution in [1.29, 1.82) is 0 Å². The summed E-state index contributed by atoms with van der Waals surface area (Å²) in [6.45, 7) is 4.73. The minimum atomic E-state index is -1.53. The summed E-state index contributed by atoms with van der Waals surface area (Å²) >= 11 is 0. The molecule has 91 heavy (non-hydrogen) atoms. The highest BCUT2D eigenvalue weighted by Gasteiger charge is 2.25. The molecule has 0 amide bonds. The average molecular weight is 1260 g/mol. The van der Waals surface area contributed by atoms with Crippen LogP contribution < -0.4 is 0 Å². The highest BCUT2D eigenvalue weighted by atomic mass is 16.7. The molecule has 0 aliphatic rings. The van der Waals surface area contributed by atoms with Crippen molar-refractivity contribution in [3.05, 3.63) is 158 Å². The number of carbonyl (C=O) groups is 3. The quantitative estimate of drug-likeness (QED) is 0.0211. The minimum Gasteiger partial charge on any atom is -0.477 e. The fourth-order valence-electron chi connectivity index (χ4n) is 9.70. The Balaban J connectivity index is 4.20. The Morgan fingerprint density at radius 1 is 0.341 bits per heavy atom. The van der Waals surface area contributed by atoms with Crippen molar-refractivity contribution in [1.82, 2.24) is 0 Å². The normalized spacial score (nSPS) is 13.6. The number of esters is 2. The number of nitrogens with zero attached hydrogens (tertiary/aromatic N) is 1. The third kappa shape index (κ3) is 72.2. The standard InChI is InChI=1S/C82H135NO8/c1-6-8-10-12-14-16-18-20-22-24-26-28-30-32-34-35-36-37-38-39-40-41-42-43-44-45-47-49-51-53-55-57-59-61-63-65-67-69-71-73-80(85)91-78(77-90-82(81(86)87)88-75-74-83(3,4)5)76-89-79(84)72-70-68-66-64-62-60-58-56-54-52-50-48-46-33-31-29-27-25-23-21-19-17-15-13-11-9-7-2/h8,10,14,16,19-22,25-28,32,34,36-37,39-40,42-43,45,47,51,53,57,59,78,82H,6-7,9,11-13,15,17-18,23-24,29-31,33,35,38,41,44,46,48-50,52,54-56,58,60-77H2,1-5H3/p+1/b10-8-,16-14-,21-19-,22-20-,27-25-,28-26-,34-32-,37-36-,40-39-,43-42-,47-45-,53-51-,59-57-. The highest BCUT2D eigenvalue weighted by molar-refractivity contribution is 5.71. The van der Waals surface area contributed by atoms with E-state index in [1.165, 1.54) is 122 Å². The van der Waals surface area contributed by atoms with Crippen molar-refractivity contribution >= 4 is 17.9 Å². The van der Waals surface area contributed by atoms with Crippen LogP contribution >= 0.6 is 0 Å². The van der Waals surface area contributed by atoms with Crippen LogP contribution in [0.25, 0.3) is 0 Å². The summed E-state index contributed by atoms with van der Waals surface area (Å²) in [5, 5.41) is 9.75. The fraction of sp³-hybridized carbons (Fsp3) is 0.646. The van der Waals surface area contributed by atoms with Gasteiger partial charge in [0.1, 0.15) is 13.2 Å². The lowest BCUT2D eigenvalue weighted by atomic mass is 10.0. The van der Waals surface area contributed by atoms with Crippen molar-refractivity contribution in [3.8, 4) is 0 Å². The molecule has 0 spiro atoms. The average Bonchev–Trinajstić information content (AvgIpc) is 3.46. The van der Waals surface area contributed by atoms with Gasteiger partial charge in [0.15, 0.2) is 6.10 Å². The van der Waals surface area contributed by atoms with E-state index in [0.29, 0.717) is 23.9 Å². The van der Waals surface area contributed by atoms with Crippen molar-refractivity contribution < 1.29 is 42.9 Å². The minimum absolute atomic E-state index is 0.176. The van der Waals surface area contributed by atoms with Crippen LogP contribution in [0.4, 0.5) is 0 Å². The SMILES string of the molecule is CC/C=C\C/C=C\C/C=C\C/C=C\C/C=C\C/C=C\C/C=C\C/C=C\C/C=C\C/C=C\C/C=C\CCCCCCCC(=O)OC(COC(=O)CCCCCCCCCCCCCCCCC/C=C\C/C=C\CCCCCCC)COC(OCC[N+](C)(C)C)C(=O)O. The summed E-state index contributed by atoms with van der Waals surface area (Å²) in [6.07, 6.45) is 102. The Morgan fingerprint density at radius 3 is 0.934 bits per heavy atom. The second-order valence-corrected chi connectivity index (χ2v) is 25.2. The lowest BCUT2D eigenvalue weighted by Gasteiger charge is -2.25. The molecule has 1 N–H and O–H groups in total. The molecule has 0 aromatic rings. The number of aliphatic carboxylic acids is 1. The van der Waals surface area contributed by atoms with Crippen molar-refractivity contribution in [2.75, 3.05) is 47.5 Å². The Bertz CT molecular complexity index is 2060.